The third-order valence-electron chi connectivity index (χ3n) is 20.7. The smallest absolute Gasteiger partial charge is 0.255 e. The highest BCUT2D eigenvalue weighted by atomic mass is 35.5. The van der Waals surface area contributed by atoms with E-state index in [4.69, 9.17) is 46.4 Å². The number of rotatable bonds is 28. The molecule has 0 aliphatic heterocycles. The average Bonchev–Trinajstić information content (AvgIpc) is 0.802. The first kappa shape index (κ1) is 105. The van der Waals surface area contributed by atoms with E-state index in [1.54, 1.807) is 165 Å². The molecule has 135 heavy (non-hydrogen) atoms. The fourth-order valence-electron chi connectivity index (χ4n) is 13.5. The lowest BCUT2D eigenvalue weighted by Gasteiger charge is -2.18. The van der Waals surface area contributed by atoms with Crippen LogP contribution in [-0.2, 0) is 58.5 Å². The number of carbonyl (C=O) groups is 8. The summed E-state index contributed by atoms with van der Waals surface area (Å²) in [5, 5.41) is 57.0. The van der Waals surface area contributed by atoms with Gasteiger partial charge in [-0.25, -0.2) is 33.7 Å². The van der Waals surface area contributed by atoms with Crippen LogP contribution in [-0.4, -0.2) is 122 Å². The van der Waals surface area contributed by atoms with Crippen LogP contribution >= 0.6 is 46.4 Å². The zero-order valence-electron chi connectivity index (χ0n) is 74.8. The minimum atomic E-state index is -3.97. The number of hydrogen-bond acceptors (Lipinski definition) is 20. The lowest BCUT2D eigenvalue weighted by molar-refractivity contribution is -0.116. The van der Waals surface area contributed by atoms with Crippen molar-refractivity contribution >= 4 is 179 Å². The van der Waals surface area contributed by atoms with Crippen molar-refractivity contribution in [2.75, 3.05) is 42.5 Å². The third kappa shape index (κ3) is 27.7. The summed E-state index contributed by atoms with van der Waals surface area (Å²) >= 11 is 24.3. The second kappa shape index (κ2) is 46.5. The number of amides is 8. The highest BCUT2D eigenvalue weighted by Crippen LogP contribution is 2.39. The van der Waals surface area contributed by atoms with Gasteiger partial charge in [0.25, 0.3) is 23.6 Å². The van der Waals surface area contributed by atoms with Crippen molar-refractivity contribution in [3.63, 3.8) is 0 Å². The summed E-state index contributed by atoms with van der Waals surface area (Å²) in [7, 11) is -15.7. The molecular weight excluding hydrogens is 1890 g/mol. The maximum absolute atomic E-state index is 13.0. The summed E-state index contributed by atoms with van der Waals surface area (Å²) in [6.07, 6.45) is 0.220. The van der Waals surface area contributed by atoms with Crippen LogP contribution < -0.4 is 42.5 Å². The molecular formula is C99H98Cl4N8O20S4. The minimum absolute atomic E-state index is 0.0143. The first-order valence-electron chi connectivity index (χ1n) is 41.8. The van der Waals surface area contributed by atoms with Crippen molar-refractivity contribution in [1.29, 1.82) is 0 Å². The van der Waals surface area contributed by atoms with Crippen LogP contribution in [0, 0.1) is 48.5 Å². The maximum atomic E-state index is 13.0. The van der Waals surface area contributed by atoms with E-state index in [-0.39, 0.29) is 145 Å². The first-order valence-corrected chi connectivity index (χ1v) is 49.5. The molecule has 12 aromatic rings. The molecule has 4 atom stereocenters. The molecule has 0 bridgehead atoms. The topological polar surface area (TPSA) is 450 Å². The molecule has 0 aliphatic carbocycles. The van der Waals surface area contributed by atoms with Crippen LogP contribution in [0.1, 0.15) is 134 Å². The molecule has 12 N–H and O–H groups in total. The zero-order chi connectivity index (χ0) is 99.3. The molecule has 12 rings (SSSR count). The number of phenols is 4. The van der Waals surface area contributed by atoms with Crippen molar-refractivity contribution in [1.82, 2.24) is 0 Å². The Hall–Kier alpha value is -13.4. The summed E-state index contributed by atoms with van der Waals surface area (Å²) in [6.45, 7) is 19.1. The molecule has 4 unspecified atom stereocenters. The second-order valence-corrected chi connectivity index (χ2v) is 41.4. The quantitative estimate of drug-likeness (QED) is 0.0203. The van der Waals surface area contributed by atoms with E-state index >= 15 is 0 Å². The number of aromatic hydroxyl groups is 4. The van der Waals surface area contributed by atoms with Gasteiger partial charge in [0.15, 0.2) is 39.3 Å². The second-order valence-electron chi connectivity index (χ2n) is 31.2. The molecule has 0 aromatic heterocycles. The highest BCUT2D eigenvalue weighted by Gasteiger charge is 2.38. The van der Waals surface area contributed by atoms with Crippen LogP contribution in [0.5, 0.6) is 23.0 Å². The van der Waals surface area contributed by atoms with Gasteiger partial charge in [0.05, 0.1) is 73.8 Å². The van der Waals surface area contributed by atoms with Crippen LogP contribution in [0.25, 0.3) is 0 Å². The zero-order valence-corrected chi connectivity index (χ0v) is 81.1. The van der Waals surface area contributed by atoms with Gasteiger partial charge in [-0.1, -0.05) is 176 Å². The number of aryl methyl sites for hydroxylation is 7. The van der Waals surface area contributed by atoms with Gasteiger partial charge in [-0.05, 0) is 236 Å². The number of anilines is 8. The maximum Gasteiger partial charge on any atom is 0.255 e. The number of benzene rings is 12. The van der Waals surface area contributed by atoms with Crippen LogP contribution in [0.3, 0.4) is 0 Å². The molecule has 12 aromatic carbocycles. The minimum Gasteiger partial charge on any atom is -0.506 e. The van der Waals surface area contributed by atoms with E-state index in [2.05, 4.69) is 42.5 Å². The summed E-state index contributed by atoms with van der Waals surface area (Å²) in [6, 6.07) is 63.8. The van der Waals surface area contributed by atoms with Crippen LogP contribution in [0.4, 0.5) is 45.5 Å². The van der Waals surface area contributed by atoms with Gasteiger partial charge in [-0.15, -0.1) is 0 Å². The molecule has 0 fully saturated rings. The lowest BCUT2D eigenvalue weighted by atomic mass is 10.1. The predicted molar refractivity (Wildman–Crippen MR) is 529 cm³/mol. The Bertz CT molecular complexity index is 6810. The van der Waals surface area contributed by atoms with Crippen molar-refractivity contribution in [2.24, 2.45) is 0 Å². The van der Waals surface area contributed by atoms with E-state index in [1.165, 1.54) is 115 Å². The molecule has 0 heterocycles. The number of hydrogen-bond donors (Lipinski definition) is 12. The molecule has 0 radical (unpaired) electrons. The molecule has 0 aliphatic rings. The van der Waals surface area contributed by atoms with Crippen molar-refractivity contribution in [3.8, 4) is 23.0 Å². The van der Waals surface area contributed by atoms with Gasteiger partial charge in [0.2, 0.25) is 23.6 Å². The van der Waals surface area contributed by atoms with E-state index in [0.29, 0.717) is 16.7 Å². The molecule has 706 valence electrons. The van der Waals surface area contributed by atoms with E-state index in [9.17, 15) is 92.5 Å². The first-order chi connectivity index (χ1) is 63.7. The highest BCUT2D eigenvalue weighted by molar-refractivity contribution is 7.93. The number of sulfone groups is 4. The summed E-state index contributed by atoms with van der Waals surface area (Å²) in [5.74, 6) is -6.04. The fraction of sp³-hybridized carbons (Fsp3) is 0.192. The largest absolute Gasteiger partial charge is 0.506 e. The lowest BCUT2D eigenvalue weighted by Crippen LogP contribution is -2.34. The monoisotopic (exact) mass is 1990 g/mol. The van der Waals surface area contributed by atoms with Crippen molar-refractivity contribution < 1.29 is 92.5 Å². The van der Waals surface area contributed by atoms with Gasteiger partial charge in [-0.2, -0.15) is 0 Å². The molecule has 8 amide bonds. The summed E-state index contributed by atoms with van der Waals surface area (Å²) in [5.41, 5.74) is 8.17. The van der Waals surface area contributed by atoms with E-state index < -0.39 is 102 Å². The Morgan fingerprint density at radius 1 is 0.244 bits per heavy atom. The Morgan fingerprint density at radius 3 is 0.800 bits per heavy atom. The SMILES string of the molecule is CCC(C(=O)Nc1cc(O)c(NC(=O)c2ccc(C)cc2)cc1Cl)S(=O)(=O)c1cccc(C)c1.CCC(C(=O)Nc1cc(O)c(NC(=O)c2ccc(Cl)c(Cl)c2)cc1Cl)S(=O)(=O)c1cccc(C)c1.CCC(C(=O)Nc1ccc(NC(=O)c2cccc(C)c2)c(O)c1)S(=O)(=O)c1cccc(C)c1.CCC(C(=O)Nc1ccc(NC(=O)c2cccc(C)c2)c(O)c1)S(=O)(=O)c1cccc(C)c1. The van der Waals surface area contributed by atoms with E-state index in [0.717, 1.165) is 51.1 Å². The average molecular weight is 1990 g/mol. The van der Waals surface area contributed by atoms with Gasteiger partial charge in [0, 0.05) is 57.9 Å². The van der Waals surface area contributed by atoms with Crippen LogP contribution in [0.15, 0.2) is 268 Å². The number of halogens is 4. The van der Waals surface area contributed by atoms with Crippen molar-refractivity contribution in [2.45, 2.75) is 142 Å². The number of carbonyl (C=O) groups excluding carboxylic acids is 8. The number of phenolic OH excluding ortho intramolecular Hbond substituents is 4. The van der Waals surface area contributed by atoms with Crippen molar-refractivity contribution in [3.05, 3.63) is 330 Å². The normalized spacial score (nSPS) is 12.1. The standard InChI is InChI=1S/C25H25ClN2O5S.2C25H26N2O5S.C24H21Cl3N2O5S/c1-4-23(34(32,33)18-7-5-6-16(3)12-18)25(31)27-20-14-22(29)21(13-19(20)26)28-24(30)17-10-8-15(2)9-11-17;2*1-4-23(33(31,32)20-10-6-8-17(3)14-20)25(30)26-19-11-12-21(22(28)15-19)27-24(29)18-9-5-7-16(2)13-18;1-3-22(35(33,34)15-6-4-5-13(2)9-15)24(32)28-19-12-21(30)20(11-18(19)27)29-23(31)14-7-8-16(25)17(26)10-14/h5-14,23,29H,4H2,1-3H3,(H,27,31)(H,28,30);2*5-15,23,28H,4H2,1-3H3,(H,26,30)(H,27,29);4-12,22,30H,3H2,1-2H3,(H,28,32)(H,29,31). The fourth-order valence-corrected chi connectivity index (χ4v) is 21.1. The van der Waals surface area contributed by atoms with Gasteiger partial charge in [-0.3, -0.25) is 38.4 Å². The Morgan fingerprint density at radius 2 is 0.511 bits per heavy atom. The summed E-state index contributed by atoms with van der Waals surface area (Å²) < 4.78 is 104. The van der Waals surface area contributed by atoms with Gasteiger partial charge in [0.1, 0.15) is 44.0 Å². The Kier molecular flexibility index (Phi) is 36.2. The molecule has 0 saturated carbocycles. The molecule has 0 spiro atoms. The molecule has 28 nitrogen and oxygen atoms in total. The van der Waals surface area contributed by atoms with Gasteiger partial charge < -0.3 is 63.0 Å². The molecule has 36 heteroatoms. The van der Waals surface area contributed by atoms with Gasteiger partial charge >= 0.3 is 0 Å². The Labute approximate surface area is 803 Å². The summed E-state index contributed by atoms with van der Waals surface area (Å²) in [4.78, 5) is 101. The number of nitrogens with one attached hydrogen (secondary N) is 8. The van der Waals surface area contributed by atoms with E-state index in [1.807, 2.05) is 32.9 Å². The predicted octanol–water partition coefficient (Wildman–Crippen LogP) is 20.1. The Balaban J connectivity index is 0.000000202. The molecule has 0 saturated heterocycles. The van der Waals surface area contributed by atoms with Crippen LogP contribution in [0.2, 0.25) is 20.1 Å². The third-order valence-corrected chi connectivity index (χ3v) is 30.9.